The maximum atomic E-state index is 14.2. The van der Waals surface area contributed by atoms with E-state index < -0.39 is 29.3 Å². The van der Waals surface area contributed by atoms with Crippen LogP contribution in [0.5, 0.6) is 11.5 Å². The molecule has 0 atom stereocenters. The van der Waals surface area contributed by atoms with Crippen molar-refractivity contribution in [3.05, 3.63) is 86.3 Å². The van der Waals surface area contributed by atoms with E-state index in [1.54, 1.807) is 0 Å². The van der Waals surface area contributed by atoms with E-state index in [1.807, 2.05) is 0 Å². The fourth-order valence-electron chi connectivity index (χ4n) is 2.01. The number of fused-ring (bicyclic) bond motifs is 1. The van der Waals surface area contributed by atoms with Gasteiger partial charge in [-0.2, -0.15) is 4.39 Å². The minimum Gasteiger partial charge on any atom is -0.461 e. The molecule has 0 saturated carbocycles. The quantitative estimate of drug-likeness (QED) is 0.382. The summed E-state index contributed by atoms with van der Waals surface area (Å²) in [6.45, 7) is 6.44. The first-order valence-corrected chi connectivity index (χ1v) is 7.68. The van der Waals surface area contributed by atoms with E-state index >= 15 is 0 Å². The molecule has 0 fully saturated rings. The number of halogens is 2. The molecular formula is C20H14F2O6. The number of esters is 2. The van der Waals surface area contributed by atoms with Crippen LogP contribution in [0.15, 0.2) is 74.6 Å². The molecule has 0 N–H and O–H groups in total. The van der Waals surface area contributed by atoms with Gasteiger partial charge < -0.3 is 18.9 Å². The zero-order valence-electron chi connectivity index (χ0n) is 14.4. The first kappa shape index (κ1) is 20.4. The standard InChI is InChI=1S/C20H14F2O6/c1-3-17(23)26-9-8-25-16-7-5-6-13-14(16)12-15(21)19(22)20(13)28-11-10-27-18(24)4-2/h3-12H,1-2H2. The summed E-state index contributed by atoms with van der Waals surface area (Å²) < 4.78 is 47.7. The van der Waals surface area contributed by atoms with Crippen LogP contribution >= 0.6 is 0 Å². The van der Waals surface area contributed by atoms with E-state index in [4.69, 9.17) is 9.47 Å². The summed E-state index contributed by atoms with van der Waals surface area (Å²) in [5.74, 6) is -4.14. The summed E-state index contributed by atoms with van der Waals surface area (Å²) in [6, 6.07) is 5.42. The summed E-state index contributed by atoms with van der Waals surface area (Å²) in [5.41, 5.74) is 0. The molecule has 0 aliphatic rings. The first-order valence-electron chi connectivity index (χ1n) is 7.68. The summed E-state index contributed by atoms with van der Waals surface area (Å²) in [4.78, 5) is 21.9. The minimum atomic E-state index is -1.24. The third-order valence-corrected chi connectivity index (χ3v) is 3.18. The Morgan fingerprint density at radius 3 is 2.07 bits per heavy atom. The van der Waals surface area contributed by atoms with E-state index in [0.29, 0.717) is 0 Å². The van der Waals surface area contributed by atoms with Gasteiger partial charge in [-0.1, -0.05) is 25.3 Å². The van der Waals surface area contributed by atoms with E-state index in [9.17, 15) is 18.4 Å². The second kappa shape index (κ2) is 9.67. The molecule has 144 valence electrons. The molecule has 0 aliphatic heterocycles. The highest BCUT2D eigenvalue weighted by Crippen LogP contribution is 2.36. The third-order valence-electron chi connectivity index (χ3n) is 3.18. The molecule has 0 amide bonds. The lowest BCUT2D eigenvalue weighted by molar-refractivity contribution is -0.133. The molecule has 2 aromatic carbocycles. The average Bonchev–Trinajstić information content (AvgIpc) is 2.70. The minimum absolute atomic E-state index is 0.147. The molecule has 2 rings (SSSR count). The van der Waals surface area contributed by atoms with Gasteiger partial charge in [0.2, 0.25) is 5.82 Å². The molecule has 0 bridgehead atoms. The van der Waals surface area contributed by atoms with Crippen LogP contribution in [0.2, 0.25) is 0 Å². The molecule has 6 nitrogen and oxygen atoms in total. The van der Waals surface area contributed by atoms with Crippen LogP contribution < -0.4 is 9.47 Å². The number of carbonyl (C=O) groups excluding carboxylic acids is 2. The molecule has 0 aliphatic carbocycles. The van der Waals surface area contributed by atoms with Gasteiger partial charge in [0.05, 0.1) is 0 Å². The summed E-state index contributed by atoms with van der Waals surface area (Å²) >= 11 is 0. The van der Waals surface area contributed by atoms with Gasteiger partial charge in [0.25, 0.3) is 0 Å². The van der Waals surface area contributed by atoms with Crippen LogP contribution in [0, 0.1) is 11.6 Å². The van der Waals surface area contributed by atoms with Crippen molar-refractivity contribution in [3.8, 4) is 11.5 Å². The Hall–Kier alpha value is -3.94. The largest absolute Gasteiger partial charge is 0.461 e. The average molecular weight is 388 g/mol. The van der Waals surface area contributed by atoms with Crippen molar-refractivity contribution in [1.82, 2.24) is 0 Å². The SMILES string of the molecule is C=CC(=O)OC=COc1cccc2c(OC=COC(=O)C=C)c(F)c(F)cc12. The van der Waals surface area contributed by atoms with Crippen LogP contribution in [0.1, 0.15) is 0 Å². The lowest BCUT2D eigenvalue weighted by Gasteiger charge is -2.11. The molecule has 0 spiro atoms. The zero-order valence-corrected chi connectivity index (χ0v) is 14.4. The molecular weight excluding hydrogens is 374 g/mol. The van der Waals surface area contributed by atoms with Crippen molar-refractivity contribution in [2.45, 2.75) is 0 Å². The Morgan fingerprint density at radius 2 is 1.46 bits per heavy atom. The molecule has 2 aromatic rings. The Morgan fingerprint density at radius 1 is 0.857 bits per heavy atom. The fourth-order valence-corrected chi connectivity index (χ4v) is 2.01. The molecule has 8 heteroatoms. The summed E-state index contributed by atoms with van der Waals surface area (Å²) in [5, 5.41) is 0.375. The van der Waals surface area contributed by atoms with Gasteiger partial charge in [-0.25, -0.2) is 14.0 Å². The lowest BCUT2D eigenvalue weighted by atomic mass is 10.1. The molecule has 0 saturated heterocycles. The molecule has 0 unspecified atom stereocenters. The lowest BCUT2D eigenvalue weighted by Crippen LogP contribution is -1.97. The van der Waals surface area contributed by atoms with Gasteiger partial charge >= 0.3 is 11.9 Å². The number of benzene rings is 2. The van der Waals surface area contributed by atoms with Gasteiger partial charge in [-0.15, -0.1) is 0 Å². The van der Waals surface area contributed by atoms with Gasteiger partial charge in [0.15, 0.2) is 11.6 Å². The maximum Gasteiger partial charge on any atom is 0.335 e. The van der Waals surface area contributed by atoms with Crippen molar-refractivity contribution < 1.29 is 37.3 Å². The Labute approximate surface area is 158 Å². The molecule has 0 heterocycles. The number of hydrogen-bond donors (Lipinski definition) is 0. The van der Waals surface area contributed by atoms with Gasteiger partial charge in [-0.05, 0) is 12.1 Å². The number of hydrogen-bond acceptors (Lipinski definition) is 6. The molecule has 0 aromatic heterocycles. The van der Waals surface area contributed by atoms with Crippen molar-refractivity contribution in [2.24, 2.45) is 0 Å². The predicted octanol–water partition coefficient (Wildman–Crippen LogP) is 4.28. The highest BCUT2D eigenvalue weighted by atomic mass is 19.2. The van der Waals surface area contributed by atoms with E-state index in [1.165, 1.54) is 18.2 Å². The van der Waals surface area contributed by atoms with Gasteiger partial charge in [0.1, 0.15) is 30.8 Å². The van der Waals surface area contributed by atoms with Crippen molar-refractivity contribution >= 4 is 22.7 Å². The summed E-state index contributed by atoms with van der Waals surface area (Å²) in [6.07, 6.45) is 5.64. The number of ether oxygens (including phenoxy) is 4. The topological polar surface area (TPSA) is 71.1 Å². The normalized spacial score (nSPS) is 10.8. The first-order chi connectivity index (χ1) is 13.5. The van der Waals surface area contributed by atoms with Crippen LogP contribution in [0.4, 0.5) is 8.78 Å². The van der Waals surface area contributed by atoms with E-state index in [2.05, 4.69) is 22.6 Å². The highest BCUT2D eigenvalue weighted by Gasteiger charge is 2.17. The van der Waals surface area contributed by atoms with Crippen molar-refractivity contribution in [3.63, 3.8) is 0 Å². The fraction of sp³-hybridized carbons (Fsp3) is 0. The molecule has 28 heavy (non-hydrogen) atoms. The van der Waals surface area contributed by atoms with E-state index in [0.717, 1.165) is 43.3 Å². The zero-order chi connectivity index (χ0) is 20.5. The Balaban J connectivity index is 2.31. The summed E-state index contributed by atoms with van der Waals surface area (Å²) in [7, 11) is 0. The monoisotopic (exact) mass is 388 g/mol. The van der Waals surface area contributed by atoms with Crippen LogP contribution in [0.3, 0.4) is 0 Å². The predicted molar refractivity (Wildman–Crippen MR) is 96.0 cm³/mol. The highest BCUT2D eigenvalue weighted by molar-refractivity contribution is 5.93. The van der Waals surface area contributed by atoms with Crippen molar-refractivity contribution in [2.75, 3.05) is 0 Å². The number of carbonyl (C=O) groups is 2. The van der Waals surface area contributed by atoms with Gasteiger partial charge in [0, 0.05) is 22.9 Å². The maximum absolute atomic E-state index is 14.2. The van der Waals surface area contributed by atoms with Crippen LogP contribution in [-0.4, -0.2) is 11.9 Å². The van der Waals surface area contributed by atoms with Crippen LogP contribution in [-0.2, 0) is 19.1 Å². The molecule has 0 radical (unpaired) electrons. The second-order valence-corrected chi connectivity index (χ2v) is 4.91. The third kappa shape index (κ3) is 5.04. The van der Waals surface area contributed by atoms with Crippen LogP contribution in [0.25, 0.3) is 10.8 Å². The second-order valence-electron chi connectivity index (χ2n) is 4.91. The van der Waals surface area contributed by atoms with E-state index in [-0.39, 0.29) is 16.5 Å². The Bertz CT molecular complexity index is 978. The smallest absolute Gasteiger partial charge is 0.335 e. The Kier molecular flexibility index (Phi) is 7.04. The number of rotatable bonds is 8. The van der Waals surface area contributed by atoms with Gasteiger partial charge in [-0.3, -0.25) is 0 Å². The van der Waals surface area contributed by atoms with Crippen molar-refractivity contribution in [1.29, 1.82) is 0 Å².